The van der Waals surface area contributed by atoms with E-state index < -0.39 is 0 Å². The van der Waals surface area contributed by atoms with Crippen molar-refractivity contribution in [1.29, 1.82) is 0 Å². The van der Waals surface area contributed by atoms with Crippen molar-refractivity contribution in [3.05, 3.63) is 192 Å². The lowest BCUT2D eigenvalue weighted by atomic mass is 9.88. The lowest BCUT2D eigenvalue weighted by Crippen LogP contribution is -2.15. The maximum atomic E-state index is 3.89. The average Bonchev–Trinajstić information content (AvgIpc) is 3.92. The molecule has 1 aliphatic heterocycles. The molecule has 0 saturated heterocycles. The molecule has 4 heteroatoms. The highest BCUT2D eigenvalue weighted by Crippen LogP contribution is 2.46. The molecule has 0 fully saturated rings. The van der Waals surface area contributed by atoms with E-state index in [1.807, 2.05) is 22.7 Å². The molecule has 2 nitrogen and oxygen atoms in total. The first-order valence-corrected chi connectivity index (χ1v) is 20.7. The third-order valence-corrected chi connectivity index (χ3v) is 13.9. The van der Waals surface area contributed by atoms with Gasteiger partial charge in [0.05, 0.1) is 11.6 Å². The van der Waals surface area contributed by atoms with E-state index in [4.69, 9.17) is 0 Å². The second kappa shape index (κ2) is 12.2. The van der Waals surface area contributed by atoms with Gasteiger partial charge in [0, 0.05) is 73.9 Å². The molecule has 0 spiro atoms. The topological polar surface area (TPSA) is 17.0 Å². The summed E-state index contributed by atoms with van der Waals surface area (Å²) in [5.41, 5.74) is 14.2. The summed E-state index contributed by atoms with van der Waals surface area (Å²) in [4.78, 5) is 0. The molecule has 2 aliphatic rings. The largest absolute Gasteiger partial charge is 0.374 e. The normalized spacial score (nSPS) is 15.1. The minimum absolute atomic E-state index is 0.0496. The van der Waals surface area contributed by atoms with Crippen molar-refractivity contribution in [2.24, 2.45) is 0 Å². The van der Waals surface area contributed by atoms with Crippen molar-refractivity contribution in [3.63, 3.8) is 0 Å². The molecule has 260 valence electrons. The van der Waals surface area contributed by atoms with Gasteiger partial charge in [-0.3, -0.25) is 0 Å². The summed E-state index contributed by atoms with van der Waals surface area (Å²) in [5.74, 6) is 0. The number of fused-ring (bicyclic) bond motifs is 10. The summed E-state index contributed by atoms with van der Waals surface area (Å²) >= 11 is 3.81. The van der Waals surface area contributed by atoms with E-state index in [0.29, 0.717) is 0 Å². The Balaban J connectivity index is 0.976. The minimum Gasteiger partial charge on any atom is -0.374 e. The van der Waals surface area contributed by atoms with E-state index >= 15 is 0 Å². The van der Waals surface area contributed by atoms with Crippen LogP contribution in [0.1, 0.15) is 40.4 Å². The van der Waals surface area contributed by atoms with E-state index in [2.05, 4.69) is 180 Å². The van der Waals surface area contributed by atoms with Gasteiger partial charge in [-0.2, -0.15) is 0 Å². The molecule has 1 atom stereocenters. The number of hydrogen-bond acceptors (Lipinski definition) is 3. The number of rotatable bonds is 4. The van der Waals surface area contributed by atoms with Gasteiger partial charge in [0.1, 0.15) is 0 Å². The van der Waals surface area contributed by atoms with Crippen molar-refractivity contribution < 1.29 is 0 Å². The van der Waals surface area contributed by atoms with Crippen molar-refractivity contribution in [3.8, 4) is 16.8 Å². The van der Waals surface area contributed by atoms with Crippen molar-refractivity contribution in [2.75, 3.05) is 5.32 Å². The first-order chi connectivity index (χ1) is 27.3. The van der Waals surface area contributed by atoms with Gasteiger partial charge in [0.2, 0.25) is 0 Å². The molecule has 10 aromatic rings. The van der Waals surface area contributed by atoms with Crippen LogP contribution in [0.15, 0.2) is 164 Å². The van der Waals surface area contributed by atoms with Gasteiger partial charge in [-0.05, 0) is 89.2 Å². The number of thiophene rings is 2. The fourth-order valence-electron chi connectivity index (χ4n) is 9.29. The zero-order valence-electron chi connectivity index (χ0n) is 29.9. The fourth-order valence-corrected chi connectivity index (χ4v) is 11.6. The van der Waals surface area contributed by atoms with Crippen LogP contribution in [0.5, 0.6) is 0 Å². The minimum atomic E-state index is 0.0496. The quantitative estimate of drug-likeness (QED) is 0.190. The molecule has 1 unspecified atom stereocenters. The molecule has 55 heavy (non-hydrogen) atoms. The summed E-state index contributed by atoms with van der Waals surface area (Å²) in [6, 6.07) is 56.3. The van der Waals surface area contributed by atoms with Crippen LogP contribution in [0.2, 0.25) is 0 Å². The standard InChI is InChI=1S/C51H34N2S2/c1-2-12-31(13-3-1)41-30-43(52-42-19-7-4-14-35(41)42)38-18-11-23-47-51(38)39-26-24-32(28-48(39)54-47)34-17-10-22-46-50(34)40-27-25-33(29-49(40)55-46)53-44-20-8-5-15-36(44)37-16-6-9-21-45(37)53/h1-8,10-20,22-30,43,52H,9,21H2. The van der Waals surface area contributed by atoms with Gasteiger partial charge in [-0.1, -0.05) is 121 Å². The Hall–Kier alpha value is -6.20. The molecule has 4 heterocycles. The van der Waals surface area contributed by atoms with Gasteiger partial charge < -0.3 is 9.88 Å². The SMILES string of the molecule is C1=Cc2c(n(-c3ccc4c(c3)sc3cccc(-c5ccc6c(c5)sc5cccc(C7C=C(c8ccccc8)c8ccccc8N7)c56)c34)c3ccccc23)CC1. The van der Waals surface area contributed by atoms with Crippen LogP contribution in [-0.2, 0) is 6.42 Å². The van der Waals surface area contributed by atoms with E-state index in [1.54, 1.807) is 0 Å². The number of anilines is 1. The second-order valence-electron chi connectivity index (χ2n) is 14.8. The zero-order chi connectivity index (χ0) is 36.0. The lowest BCUT2D eigenvalue weighted by Gasteiger charge is -2.27. The van der Waals surface area contributed by atoms with Crippen molar-refractivity contribution in [1.82, 2.24) is 4.57 Å². The van der Waals surface area contributed by atoms with E-state index in [-0.39, 0.29) is 6.04 Å². The number of allylic oxidation sites excluding steroid dienone is 1. The summed E-state index contributed by atoms with van der Waals surface area (Å²) in [6.07, 6.45) is 9.20. The van der Waals surface area contributed by atoms with Crippen LogP contribution in [-0.4, -0.2) is 4.57 Å². The van der Waals surface area contributed by atoms with Crippen LogP contribution in [0, 0.1) is 0 Å². The molecule has 0 amide bonds. The summed E-state index contributed by atoms with van der Waals surface area (Å²) in [7, 11) is 0. The number of hydrogen-bond donors (Lipinski definition) is 1. The van der Waals surface area contributed by atoms with Crippen LogP contribution in [0.3, 0.4) is 0 Å². The predicted molar refractivity (Wildman–Crippen MR) is 238 cm³/mol. The molecule has 0 bridgehead atoms. The number of para-hydroxylation sites is 2. The Morgan fingerprint density at radius 2 is 1.31 bits per heavy atom. The maximum Gasteiger partial charge on any atom is 0.0713 e. The van der Waals surface area contributed by atoms with Crippen LogP contribution in [0.25, 0.3) is 79.7 Å². The molecule has 3 aromatic heterocycles. The summed E-state index contributed by atoms with van der Waals surface area (Å²) in [6.45, 7) is 0. The van der Waals surface area contributed by atoms with Gasteiger partial charge in [-0.15, -0.1) is 22.7 Å². The molecule has 7 aromatic carbocycles. The highest BCUT2D eigenvalue weighted by atomic mass is 32.1. The van der Waals surface area contributed by atoms with Crippen LogP contribution in [0.4, 0.5) is 5.69 Å². The molecule has 0 saturated carbocycles. The molecular weight excluding hydrogens is 705 g/mol. The third kappa shape index (κ3) is 4.78. The van der Waals surface area contributed by atoms with E-state index in [9.17, 15) is 0 Å². The highest BCUT2D eigenvalue weighted by molar-refractivity contribution is 7.26. The predicted octanol–water partition coefficient (Wildman–Crippen LogP) is 14.6. The first-order valence-electron chi connectivity index (χ1n) is 19.1. The Morgan fingerprint density at radius 1 is 0.564 bits per heavy atom. The summed E-state index contributed by atoms with van der Waals surface area (Å²) in [5, 5.41) is 10.6. The Morgan fingerprint density at radius 3 is 2.24 bits per heavy atom. The van der Waals surface area contributed by atoms with Gasteiger partial charge in [-0.25, -0.2) is 0 Å². The van der Waals surface area contributed by atoms with Crippen LogP contribution < -0.4 is 5.32 Å². The molecular formula is C51H34N2S2. The lowest BCUT2D eigenvalue weighted by molar-refractivity contribution is 0.889. The first kappa shape index (κ1) is 31.2. The monoisotopic (exact) mass is 738 g/mol. The highest BCUT2D eigenvalue weighted by Gasteiger charge is 2.24. The van der Waals surface area contributed by atoms with Crippen LogP contribution >= 0.6 is 22.7 Å². The molecule has 1 aliphatic carbocycles. The van der Waals surface area contributed by atoms with Gasteiger partial charge in [0.15, 0.2) is 0 Å². The fraction of sp³-hybridized carbons (Fsp3) is 0.0588. The smallest absolute Gasteiger partial charge is 0.0713 e. The van der Waals surface area contributed by atoms with Gasteiger partial charge in [0.25, 0.3) is 0 Å². The molecule has 12 rings (SSSR count). The Labute approximate surface area is 326 Å². The van der Waals surface area contributed by atoms with Crippen molar-refractivity contribution in [2.45, 2.75) is 18.9 Å². The van der Waals surface area contributed by atoms with Gasteiger partial charge >= 0.3 is 0 Å². The Kier molecular flexibility index (Phi) is 6.89. The number of nitrogens with one attached hydrogen (secondary N) is 1. The third-order valence-electron chi connectivity index (χ3n) is 11.7. The Bertz CT molecular complexity index is 3240. The van der Waals surface area contributed by atoms with E-state index in [0.717, 1.165) is 12.8 Å². The molecule has 0 radical (unpaired) electrons. The second-order valence-corrected chi connectivity index (χ2v) is 16.9. The zero-order valence-corrected chi connectivity index (χ0v) is 31.6. The maximum absolute atomic E-state index is 3.89. The van der Waals surface area contributed by atoms with Crippen molar-refractivity contribution >= 4 is 91.3 Å². The average molecular weight is 739 g/mol. The number of aromatic nitrogens is 1. The van der Waals surface area contributed by atoms with E-state index in [1.165, 1.54) is 107 Å². The summed E-state index contributed by atoms with van der Waals surface area (Å²) < 4.78 is 7.80. The molecule has 1 N–H and O–H groups in total. The number of benzene rings is 7. The number of nitrogens with zero attached hydrogens (tertiary/aromatic N) is 1.